The van der Waals surface area contributed by atoms with Gasteiger partial charge in [-0.2, -0.15) is 5.26 Å². The maximum absolute atomic E-state index is 12.1. The predicted molar refractivity (Wildman–Crippen MR) is 75.8 cm³/mol. The third kappa shape index (κ3) is 4.10. The summed E-state index contributed by atoms with van der Waals surface area (Å²) >= 11 is 1.23. The van der Waals surface area contributed by atoms with Crippen LogP contribution in [0.5, 0.6) is 0 Å². The summed E-state index contributed by atoms with van der Waals surface area (Å²) < 4.78 is 4.80. The van der Waals surface area contributed by atoms with Gasteiger partial charge in [-0.3, -0.25) is 19.5 Å². The minimum absolute atomic E-state index is 0. The number of carbonyl (C=O) groups excluding carboxylic acids is 2. The van der Waals surface area contributed by atoms with Gasteiger partial charge in [-0.15, -0.1) is 11.8 Å². The molecular formula is C13H12N3NaO6S. The molecule has 0 aliphatic carbocycles. The molecule has 2 rings (SSSR count). The molecule has 1 N–H and O–H groups in total. The number of rotatable bonds is 5. The maximum Gasteiger partial charge on any atom is 1.00 e. The van der Waals surface area contributed by atoms with Crippen LogP contribution < -0.4 is 34.7 Å². The summed E-state index contributed by atoms with van der Waals surface area (Å²) in [6, 6.07) is 0.661. The smallest absolute Gasteiger partial charge is 0.861 e. The molecule has 24 heavy (non-hydrogen) atoms. The summed E-state index contributed by atoms with van der Waals surface area (Å²) in [5, 5.41) is 28.5. The van der Waals surface area contributed by atoms with E-state index in [0.29, 0.717) is 5.57 Å². The van der Waals surface area contributed by atoms with E-state index in [0.717, 1.165) is 4.90 Å². The quantitative estimate of drug-likeness (QED) is 0.171. The monoisotopic (exact) mass is 361 g/mol. The summed E-state index contributed by atoms with van der Waals surface area (Å²) in [7, 11) is 0. The Morgan fingerprint density at radius 3 is 2.79 bits per heavy atom. The number of nitriles is 1. The third-order valence-electron chi connectivity index (χ3n) is 3.18. The van der Waals surface area contributed by atoms with Crippen molar-refractivity contribution >= 4 is 35.5 Å². The van der Waals surface area contributed by atoms with Crippen LogP contribution in [0.1, 0.15) is 13.3 Å². The Hall–Kier alpha value is -1.54. The molecule has 0 unspecified atom stereocenters. The SMILES string of the molecule is CC(=O)OCC1=C(C(=O)O)N2C(=O)[C@H](N=C([O-])CC#N)[C@@H]2SC1.[Na+]. The Labute approximate surface area is 163 Å². The van der Waals surface area contributed by atoms with Gasteiger partial charge in [0.15, 0.2) is 6.04 Å². The van der Waals surface area contributed by atoms with Crippen LogP contribution in [0.25, 0.3) is 0 Å². The number of hydrogen-bond acceptors (Lipinski definition) is 8. The average molecular weight is 361 g/mol. The number of β-lactam (4-membered cyclic amide) rings is 1. The second kappa shape index (κ2) is 8.53. The molecule has 0 aromatic heterocycles. The number of esters is 1. The maximum atomic E-state index is 12.1. The molecule has 0 saturated carbocycles. The molecule has 2 aliphatic heterocycles. The summed E-state index contributed by atoms with van der Waals surface area (Å²) in [5.41, 5.74) is 0.0725. The number of aliphatic carboxylic acids is 1. The first kappa shape index (κ1) is 20.5. The minimum atomic E-state index is -1.31. The summed E-state index contributed by atoms with van der Waals surface area (Å²) in [4.78, 5) is 39.1. The Balaban J connectivity index is 0.00000288. The van der Waals surface area contributed by atoms with Gasteiger partial charge in [-0.05, 0) is 5.90 Å². The number of carboxylic acids is 1. The van der Waals surface area contributed by atoms with Gasteiger partial charge in [-0.25, -0.2) is 4.79 Å². The fourth-order valence-electron chi connectivity index (χ4n) is 2.22. The molecule has 11 heteroatoms. The summed E-state index contributed by atoms with van der Waals surface area (Å²) in [5.74, 6) is -2.96. The fourth-order valence-corrected chi connectivity index (χ4v) is 3.53. The van der Waals surface area contributed by atoms with Gasteiger partial charge in [0.05, 0.1) is 12.5 Å². The van der Waals surface area contributed by atoms with Crippen LogP contribution in [0.4, 0.5) is 0 Å². The molecule has 0 aromatic rings. The number of nitrogens with zero attached hydrogens (tertiary/aromatic N) is 3. The topological polar surface area (TPSA) is 143 Å². The molecule has 0 bridgehead atoms. The van der Waals surface area contributed by atoms with Crippen molar-refractivity contribution in [3.8, 4) is 6.07 Å². The van der Waals surface area contributed by atoms with Gasteiger partial charge in [0, 0.05) is 18.2 Å². The average Bonchev–Trinajstić information content (AvgIpc) is 2.49. The number of hydrogen-bond donors (Lipinski definition) is 1. The molecule has 2 atom stereocenters. The first-order chi connectivity index (χ1) is 10.9. The van der Waals surface area contributed by atoms with E-state index in [1.807, 2.05) is 0 Å². The van der Waals surface area contributed by atoms with Gasteiger partial charge in [0.2, 0.25) is 0 Å². The number of aliphatic imine (C=N–C) groups is 1. The molecule has 0 radical (unpaired) electrons. The largest absolute Gasteiger partial charge is 1.00 e. The van der Waals surface area contributed by atoms with Crippen LogP contribution in [0.2, 0.25) is 0 Å². The zero-order valence-corrected chi connectivity index (χ0v) is 15.8. The van der Waals surface area contributed by atoms with Gasteiger partial charge < -0.3 is 14.9 Å². The second-order valence-electron chi connectivity index (χ2n) is 4.75. The van der Waals surface area contributed by atoms with Crippen molar-refractivity contribution in [2.45, 2.75) is 24.8 Å². The van der Waals surface area contributed by atoms with Crippen LogP contribution in [-0.4, -0.2) is 57.5 Å². The number of amides is 1. The van der Waals surface area contributed by atoms with Crippen molar-refractivity contribution < 1.29 is 58.9 Å². The molecule has 1 fully saturated rings. The molecule has 0 aromatic carbocycles. The Bertz CT molecular complexity index is 671. The zero-order chi connectivity index (χ0) is 17.1. The third-order valence-corrected chi connectivity index (χ3v) is 4.51. The fraction of sp³-hybridized carbons (Fsp3) is 0.462. The van der Waals surface area contributed by atoms with Crippen LogP contribution in [-0.2, 0) is 19.1 Å². The minimum Gasteiger partial charge on any atom is -0.861 e. The van der Waals surface area contributed by atoms with Crippen molar-refractivity contribution in [1.82, 2.24) is 4.90 Å². The first-order valence-electron chi connectivity index (χ1n) is 6.50. The van der Waals surface area contributed by atoms with Crippen molar-refractivity contribution in [1.29, 1.82) is 5.26 Å². The Morgan fingerprint density at radius 1 is 1.58 bits per heavy atom. The molecule has 2 heterocycles. The molecule has 9 nitrogen and oxygen atoms in total. The number of carbonyl (C=O) groups is 3. The van der Waals surface area contributed by atoms with Gasteiger partial charge in [0.1, 0.15) is 17.7 Å². The van der Waals surface area contributed by atoms with Crippen molar-refractivity contribution in [2.75, 3.05) is 12.4 Å². The molecule has 1 amide bonds. The van der Waals surface area contributed by atoms with Gasteiger partial charge in [0.25, 0.3) is 5.91 Å². The van der Waals surface area contributed by atoms with E-state index in [-0.39, 0.29) is 47.6 Å². The molecule has 122 valence electrons. The predicted octanol–water partition coefficient (Wildman–Crippen LogP) is -4.15. The Morgan fingerprint density at radius 2 is 2.25 bits per heavy atom. The van der Waals surface area contributed by atoms with E-state index in [9.17, 15) is 24.6 Å². The summed E-state index contributed by atoms with van der Waals surface area (Å²) in [6.45, 7) is 0.986. The Kier molecular flexibility index (Phi) is 7.28. The number of thioether (sulfide) groups is 1. The number of carboxylic acid groups (broad SMARTS) is 1. The van der Waals surface area contributed by atoms with E-state index in [1.54, 1.807) is 6.07 Å². The van der Waals surface area contributed by atoms with Crippen molar-refractivity contribution in [3.63, 3.8) is 0 Å². The van der Waals surface area contributed by atoms with E-state index in [2.05, 4.69) is 4.99 Å². The molecule has 0 spiro atoms. The standard InChI is InChI=1S/C13H13N3O6S.Na/c1-6(17)22-4-7-5-23-12-9(15-8(18)2-3-14)11(19)16(12)10(7)13(20)21;/h9,12H,2,4-5H2,1H3,(H,15,18)(H,20,21);/q;+1/p-1/t9-,12-;/m0./s1. The van der Waals surface area contributed by atoms with Crippen molar-refractivity contribution in [3.05, 3.63) is 11.3 Å². The summed E-state index contributed by atoms with van der Waals surface area (Å²) in [6.07, 6.45) is -0.430. The zero-order valence-electron chi connectivity index (χ0n) is 13.0. The van der Waals surface area contributed by atoms with Gasteiger partial charge >= 0.3 is 41.5 Å². The number of fused-ring (bicyclic) bond motifs is 1. The van der Waals surface area contributed by atoms with Crippen LogP contribution in [0.3, 0.4) is 0 Å². The second-order valence-corrected chi connectivity index (χ2v) is 5.85. The van der Waals surface area contributed by atoms with Crippen LogP contribution in [0.15, 0.2) is 16.3 Å². The first-order valence-corrected chi connectivity index (χ1v) is 7.55. The molecule has 1 saturated heterocycles. The van der Waals surface area contributed by atoms with E-state index in [4.69, 9.17) is 10.00 Å². The van der Waals surface area contributed by atoms with Gasteiger partial charge in [-0.1, -0.05) is 0 Å². The number of ether oxygens (including phenoxy) is 1. The van der Waals surface area contributed by atoms with E-state index < -0.39 is 41.6 Å². The molecule has 2 aliphatic rings. The van der Waals surface area contributed by atoms with E-state index >= 15 is 0 Å². The van der Waals surface area contributed by atoms with E-state index in [1.165, 1.54) is 18.7 Å². The van der Waals surface area contributed by atoms with Crippen LogP contribution >= 0.6 is 11.8 Å². The van der Waals surface area contributed by atoms with Crippen LogP contribution in [0, 0.1) is 11.3 Å². The normalized spacial score (nSPS) is 22.8. The van der Waals surface area contributed by atoms with Crippen molar-refractivity contribution in [2.24, 2.45) is 4.99 Å². The molecular weight excluding hydrogens is 349 g/mol.